The monoisotopic (exact) mass is 432 g/mol. The fourth-order valence-corrected chi connectivity index (χ4v) is 3.68. The van der Waals surface area contributed by atoms with Gasteiger partial charge >= 0.3 is 6.18 Å². The maximum Gasteiger partial charge on any atom is 0.406 e. The van der Waals surface area contributed by atoms with Crippen molar-refractivity contribution in [3.8, 4) is 6.07 Å². The molecule has 0 spiro atoms. The highest BCUT2D eigenvalue weighted by atomic mass is 19.4. The molecule has 1 saturated carbocycles. The van der Waals surface area contributed by atoms with Gasteiger partial charge in [-0.3, -0.25) is 14.7 Å². The molecular formula is C20H19F3N6O2. The third-order valence-corrected chi connectivity index (χ3v) is 5.33. The highest BCUT2D eigenvalue weighted by Crippen LogP contribution is 2.34. The quantitative estimate of drug-likeness (QED) is 0.622. The summed E-state index contributed by atoms with van der Waals surface area (Å²) in [4.78, 5) is 25.6. The first-order valence-electron chi connectivity index (χ1n) is 9.72. The number of anilines is 2. The van der Waals surface area contributed by atoms with Crippen molar-refractivity contribution in [3.63, 3.8) is 0 Å². The number of alkyl halides is 3. The van der Waals surface area contributed by atoms with Crippen molar-refractivity contribution in [2.75, 3.05) is 11.9 Å². The van der Waals surface area contributed by atoms with Gasteiger partial charge in [-0.2, -0.15) is 23.5 Å². The molecule has 1 fully saturated rings. The minimum atomic E-state index is -4.47. The number of fused-ring (bicyclic) bond motifs is 1. The molecule has 162 valence electrons. The number of nitriles is 1. The average Bonchev–Trinajstić information content (AvgIpc) is 3.37. The Morgan fingerprint density at radius 2 is 2.16 bits per heavy atom. The van der Waals surface area contributed by atoms with Gasteiger partial charge in [0.2, 0.25) is 0 Å². The van der Waals surface area contributed by atoms with E-state index in [9.17, 15) is 22.8 Å². The zero-order valence-electron chi connectivity index (χ0n) is 16.3. The first-order valence-corrected chi connectivity index (χ1v) is 9.72. The van der Waals surface area contributed by atoms with E-state index < -0.39 is 18.6 Å². The zero-order valence-corrected chi connectivity index (χ0v) is 16.3. The SMILES string of the molecule is N#CCC(NC(=O)c1cn[nH]c1Nc1ccc2c(c1)CN(CC(F)(F)F)C2=O)C1CC1. The van der Waals surface area contributed by atoms with E-state index in [1.165, 1.54) is 12.3 Å². The van der Waals surface area contributed by atoms with Crippen LogP contribution in [0.3, 0.4) is 0 Å². The van der Waals surface area contributed by atoms with Crippen molar-refractivity contribution >= 4 is 23.3 Å². The second-order valence-corrected chi connectivity index (χ2v) is 7.71. The number of amides is 2. The summed E-state index contributed by atoms with van der Waals surface area (Å²) in [5.41, 5.74) is 1.43. The number of halogens is 3. The van der Waals surface area contributed by atoms with E-state index in [-0.39, 0.29) is 36.0 Å². The Morgan fingerprint density at radius 3 is 2.84 bits per heavy atom. The summed E-state index contributed by atoms with van der Waals surface area (Å²) in [5, 5.41) is 21.4. The third kappa shape index (κ3) is 4.63. The summed E-state index contributed by atoms with van der Waals surface area (Å²) in [7, 11) is 0. The topological polar surface area (TPSA) is 114 Å². The molecule has 1 unspecified atom stereocenters. The second kappa shape index (κ2) is 7.94. The summed E-state index contributed by atoms with van der Waals surface area (Å²) in [5.74, 6) is -0.429. The molecule has 2 aromatic rings. The fraction of sp³-hybridized carbons (Fsp3) is 0.400. The Labute approximate surface area is 175 Å². The number of aromatic amines is 1. The molecule has 2 heterocycles. The molecule has 8 nitrogen and oxygen atoms in total. The van der Waals surface area contributed by atoms with E-state index in [1.54, 1.807) is 12.1 Å². The summed E-state index contributed by atoms with van der Waals surface area (Å²) in [6.07, 6.45) is -0.939. The van der Waals surface area contributed by atoms with Gasteiger partial charge in [0, 0.05) is 23.8 Å². The number of H-pyrrole nitrogens is 1. The van der Waals surface area contributed by atoms with Gasteiger partial charge in [-0.15, -0.1) is 0 Å². The van der Waals surface area contributed by atoms with Gasteiger partial charge in [-0.25, -0.2) is 0 Å². The van der Waals surface area contributed by atoms with E-state index in [0.717, 1.165) is 17.7 Å². The number of aromatic nitrogens is 2. The van der Waals surface area contributed by atoms with E-state index >= 15 is 0 Å². The molecule has 0 bridgehead atoms. The van der Waals surface area contributed by atoms with Gasteiger partial charge in [0.05, 0.1) is 18.7 Å². The number of hydrogen-bond acceptors (Lipinski definition) is 5. The molecule has 0 radical (unpaired) electrons. The van der Waals surface area contributed by atoms with Crippen LogP contribution in [0.15, 0.2) is 24.4 Å². The zero-order chi connectivity index (χ0) is 22.2. The van der Waals surface area contributed by atoms with E-state index in [0.29, 0.717) is 23.0 Å². The van der Waals surface area contributed by atoms with Gasteiger partial charge in [0.15, 0.2) is 0 Å². The summed E-state index contributed by atoms with van der Waals surface area (Å²) in [6, 6.07) is 6.46. The Bertz CT molecular complexity index is 1050. The van der Waals surface area contributed by atoms with Crippen molar-refractivity contribution in [2.45, 2.75) is 38.0 Å². The molecule has 31 heavy (non-hydrogen) atoms. The molecule has 3 N–H and O–H groups in total. The Morgan fingerprint density at radius 1 is 1.39 bits per heavy atom. The number of carbonyl (C=O) groups excluding carboxylic acids is 2. The predicted octanol–water partition coefficient (Wildman–Crippen LogP) is 3.09. The lowest BCUT2D eigenvalue weighted by atomic mass is 10.1. The lowest BCUT2D eigenvalue weighted by molar-refractivity contribution is -0.140. The molecule has 1 aliphatic carbocycles. The van der Waals surface area contributed by atoms with Crippen LogP contribution in [-0.4, -0.2) is 45.7 Å². The molecule has 1 aromatic carbocycles. The first-order chi connectivity index (χ1) is 14.7. The van der Waals surface area contributed by atoms with Crippen LogP contribution in [0.5, 0.6) is 0 Å². The summed E-state index contributed by atoms with van der Waals surface area (Å²) in [6.45, 7) is -1.45. The minimum Gasteiger partial charge on any atom is -0.348 e. The maximum atomic E-state index is 12.7. The van der Waals surface area contributed by atoms with Crippen molar-refractivity contribution in [2.24, 2.45) is 5.92 Å². The number of carbonyl (C=O) groups is 2. The molecule has 11 heteroatoms. The van der Waals surface area contributed by atoms with Crippen LogP contribution in [0.2, 0.25) is 0 Å². The number of nitrogens with zero attached hydrogens (tertiary/aromatic N) is 3. The molecule has 2 aliphatic rings. The number of nitrogens with one attached hydrogen (secondary N) is 3. The molecule has 1 aromatic heterocycles. The van der Waals surface area contributed by atoms with Crippen molar-refractivity contribution in [3.05, 3.63) is 41.1 Å². The van der Waals surface area contributed by atoms with Crippen LogP contribution in [0.25, 0.3) is 0 Å². The van der Waals surface area contributed by atoms with Crippen LogP contribution in [-0.2, 0) is 6.54 Å². The highest BCUT2D eigenvalue weighted by Gasteiger charge is 2.37. The lowest BCUT2D eigenvalue weighted by Crippen LogP contribution is -2.36. The van der Waals surface area contributed by atoms with E-state index in [4.69, 9.17) is 5.26 Å². The molecule has 0 saturated heterocycles. The van der Waals surface area contributed by atoms with E-state index in [2.05, 4.69) is 26.9 Å². The number of benzene rings is 1. The van der Waals surface area contributed by atoms with Crippen LogP contribution < -0.4 is 10.6 Å². The normalized spacial score (nSPS) is 16.6. The van der Waals surface area contributed by atoms with Gasteiger partial charge in [-0.1, -0.05) is 0 Å². The lowest BCUT2D eigenvalue weighted by Gasteiger charge is -2.17. The smallest absolute Gasteiger partial charge is 0.348 e. The Kier molecular flexibility index (Phi) is 5.31. The van der Waals surface area contributed by atoms with Gasteiger partial charge in [-0.05, 0) is 42.5 Å². The highest BCUT2D eigenvalue weighted by molar-refractivity contribution is 6.00. The largest absolute Gasteiger partial charge is 0.406 e. The first kappa shape index (κ1) is 20.7. The number of hydrogen-bond donors (Lipinski definition) is 3. The second-order valence-electron chi connectivity index (χ2n) is 7.71. The molecule has 1 aliphatic heterocycles. The van der Waals surface area contributed by atoms with Gasteiger partial charge in [0.1, 0.15) is 17.9 Å². The molecular weight excluding hydrogens is 413 g/mol. The van der Waals surface area contributed by atoms with E-state index in [1.807, 2.05) is 0 Å². The van der Waals surface area contributed by atoms with Crippen molar-refractivity contribution < 1.29 is 22.8 Å². The molecule has 4 rings (SSSR count). The third-order valence-electron chi connectivity index (χ3n) is 5.33. The fourth-order valence-electron chi connectivity index (χ4n) is 3.68. The minimum absolute atomic E-state index is 0.142. The van der Waals surface area contributed by atoms with Crippen LogP contribution >= 0.6 is 0 Å². The van der Waals surface area contributed by atoms with Gasteiger partial charge < -0.3 is 15.5 Å². The van der Waals surface area contributed by atoms with Crippen LogP contribution in [0, 0.1) is 17.2 Å². The Balaban J connectivity index is 1.47. The van der Waals surface area contributed by atoms with Crippen LogP contribution in [0.4, 0.5) is 24.7 Å². The standard InChI is InChI=1S/C20H19F3N6O2/c21-20(22,23)10-29-9-12-7-13(3-4-14(12)19(29)31)26-17-15(8-25-28-17)18(30)27-16(5-6-24)11-1-2-11/h3-4,7-8,11,16H,1-2,5,9-10H2,(H,27,30)(H2,25,26,28). The Hall–Kier alpha value is -3.55. The average molecular weight is 432 g/mol. The summed E-state index contributed by atoms with van der Waals surface area (Å²) < 4.78 is 38.0. The van der Waals surface area contributed by atoms with Crippen molar-refractivity contribution in [1.82, 2.24) is 20.4 Å². The van der Waals surface area contributed by atoms with Gasteiger partial charge in [0.25, 0.3) is 11.8 Å². The summed E-state index contributed by atoms with van der Waals surface area (Å²) >= 11 is 0. The van der Waals surface area contributed by atoms with Crippen molar-refractivity contribution in [1.29, 1.82) is 5.26 Å². The molecule has 2 amide bonds. The van der Waals surface area contributed by atoms with Crippen LogP contribution in [0.1, 0.15) is 45.5 Å². The predicted molar refractivity (Wildman–Crippen MR) is 103 cm³/mol. The maximum absolute atomic E-state index is 12.7. The molecule has 1 atom stereocenters. The number of rotatable bonds is 7.